The molecule has 1 saturated heterocycles. The van der Waals surface area contributed by atoms with Gasteiger partial charge in [-0.15, -0.1) is 0 Å². The van der Waals surface area contributed by atoms with Gasteiger partial charge in [0, 0.05) is 17.5 Å². The van der Waals surface area contributed by atoms with E-state index in [1.807, 2.05) is 32.0 Å². The molecule has 1 atom stereocenters. The lowest BCUT2D eigenvalue weighted by Crippen LogP contribution is -2.55. The molecule has 41 heavy (non-hydrogen) atoms. The number of carbonyl (C=O) groups excluding carboxylic acids is 5. The van der Waals surface area contributed by atoms with Gasteiger partial charge in [0.1, 0.15) is 5.75 Å². The summed E-state index contributed by atoms with van der Waals surface area (Å²) in [4.78, 5) is 65.2. The number of cyclic esters (lactones) is 1. The Morgan fingerprint density at radius 1 is 1.05 bits per heavy atom. The molecule has 2 aromatic rings. The largest absolute Gasteiger partial charge is 0.493 e. The highest BCUT2D eigenvalue weighted by Crippen LogP contribution is 2.31. The van der Waals surface area contributed by atoms with E-state index in [2.05, 4.69) is 10.6 Å². The molecule has 2 aromatic carbocycles. The number of ketones is 1. The number of Topliss-reactive ketones (excluding diaryl/α,β-unsaturated/α-hetero) is 1. The third kappa shape index (κ3) is 7.64. The minimum atomic E-state index is -1.79. The van der Waals surface area contributed by atoms with Crippen LogP contribution >= 0.6 is 11.6 Å². The minimum Gasteiger partial charge on any atom is -0.493 e. The summed E-state index contributed by atoms with van der Waals surface area (Å²) in [5, 5.41) is 5.40. The predicted molar refractivity (Wildman–Crippen MR) is 155 cm³/mol. The molecule has 0 saturated carbocycles. The number of aryl methyl sites for hydroxylation is 2. The molecule has 1 fully saturated rings. The van der Waals surface area contributed by atoms with Crippen molar-refractivity contribution < 1.29 is 33.4 Å². The molecule has 0 radical (unpaired) electrons. The Balaban J connectivity index is 1.69. The first-order valence-electron chi connectivity index (χ1n) is 13.2. The summed E-state index contributed by atoms with van der Waals surface area (Å²) in [6.07, 6.45) is -0.429. The van der Waals surface area contributed by atoms with Crippen molar-refractivity contribution in [2.24, 2.45) is 5.41 Å². The van der Waals surface area contributed by atoms with Gasteiger partial charge >= 0.3 is 6.09 Å². The van der Waals surface area contributed by atoms with Gasteiger partial charge in [0.05, 0.1) is 17.3 Å². The van der Waals surface area contributed by atoms with Crippen LogP contribution in [0.15, 0.2) is 36.4 Å². The van der Waals surface area contributed by atoms with Crippen LogP contribution in [0.3, 0.4) is 0 Å². The van der Waals surface area contributed by atoms with Crippen LogP contribution in [-0.4, -0.2) is 52.7 Å². The molecule has 1 aliphatic heterocycles. The van der Waals surface area contributed by atoms with Crippen LogP contribution in [0, 0.1) is 19.3 Å². The summed E-state index contributed by atoms with van der Waals surface area (Å²) in [5.41, 5.74) is -0.0114. The summed E-state index contributed by atoms with van der Waals surface area (Å²) in [7, 11) is 0. The van der Waals surface area contributed by atoms with Gasteiger partial charge in [-0.2, -0.15) is 0 Å². The quantitative estimate of drug-likeness (QED) is 0.280. The highest BCUT2D eigenvalue weighted by Gasteiger charge is 2.55. The first-order chi connectivity index (χ1) is 19.0. The average Bonchev–Trinajstić information content (AvgIpc) is 3.06. The van der Waals surface area contributed by atoms with Crippen LogP contribution in [0.5, 0.6) is 5.75 Å². The van der Waals surface area contributed by atoms with E-state index in [9.17, 15) is 24.0 Å². The maximum absolute atomic E-state index is 13.4. The fraction of sp³-hybridized carbons (Fsp3) is 0.433. The van der Waals surface area contributed by atoms with E-state index in [1.165, 1.54) is 26.0 Å². The number of ether oxygens (including phenoxy) is 2. The average molecular weight is 586 g/mol. The number of carbonyl (C=O) groups is 5. The van der Waals surface area contributed by atoms with Crippen molar-refractivity contribution in [2.45, 2.75) is 73.0 Å². The summed E-state index contributed by atoms with van der Waals surface area (Å²) in [6.45, 7) is 11.8. The Kier molecular flexibility index (Phi) is 9.48. The van der Waals surface area contributed by atoms with Gasteiger partial charge in [0.15, 0.2) is 17.4 Å². The van der Waals surface area contributed by atoms with Gasteiger partial charge in [0.25, 0.3) is 11.8 Å². The zero-order valence-corrected chi connectivity index (χ0v) is 25.1. The molecule has 1 unspecified atom stereocenters. The van der Waals surface area contributed by atoms with Crippen molar-refractivity contribution in [3.63, 3.8) is 0 Å². The molecule has 1 aliphatic rings. The second-order valence-corrected chi connectivity index (χ2v) is 11.9. The third-order valence-electron chi connectivity index (χ3n) is 6.41. The number of rotatable bonds is 10. The van der Waals surface area contributed by atoms with E-state index in [0.29, 0.717) is 23.6 Å². The predicted octanol–water partition coefficient (Wildman–Crippen LogP) is 5.43. The highest BCUT2D eigenvalue weighted by molar-refractivity contribution is 6.34. The Hall–Kier alpha value is -3.92. The zero-order chi connectivity index (χ0) is 30.7. The second kappa shape index (κ2) is 12.3. The van der Waals surface area contributed by atoms with Gasteiger partial charge in [-0.25, -0.2) is 9.69 Å². The summed E-state index contributed by atoms with van der Waals surface area (Å²) < 4.78 is 10.9. The normalized spacial score (nSPS) is 15.3. The number of imide groups is 1. The van der Waals surface area contributed by atoms with Crippen molar-refractivity contribution in [1.82, 2.24) is 4.90 Å². The maximum Gasteiger partial charge on any atom is 0.418 e. The Morgan fingerprint density at radius 2 is 1.73 bits per heavy atom. The highest BCUT2D eigenvalue weighted by atomic mass is 35.5. The van der Waals surface area contributed by atoms with Crippen LogP contribution in [0.25, 0.3) is 0 Å². The molecular weight excluding hydrogens is 550 g/mol. The van der Waals surface area contributed by atoms with E-state index < -0.39 is 40.7 Å². The molecule has 0 spiro atoms. The van der Waals surface area contributed by atoms with Crippen LogP contribution in [0.2, 0.25) is 5.02 Å². The summed E-state index contributed by atoms with van der Waals surface area (Å²) in [5.74, 6) is -1.93. The monoisotopic (exact) mass is 585 g/mol. The van der Waals surface area contributed by atoms with Crippen molar-refractivity contribution in [2.75, 3.05) is 17.2 Å². The number of hydrogen-bond acceptors (Lipinski definition) is 7. The van der Waals surface area contributed by atoms with E-state index in [-0.39, 0.29) is 23.0 Å². The topological polar surface area (TPSA) is 131 Å². The first kappa shape index (κ1) is 31.6. The molecule has 3 rings (SSSR count). The van der Waals surface area contributed by atoms with Crippen LogP contribution in [0.1, 0.15) is 58.6 Å². The number of nitrogens with one attached hydrogen (secondary N) is 2. The van der Waals surface area contributed by atoms with Gasteiger partial charge in [-0.3, -0.25) is 19.2 Å². The molecule has 10 nitrogen and oxygen atoms in total. The van der Waals surface area contributed by atoms with Gasteiger partial charge in [-0.1, -0.05) is 50.1 Å². The molecule has 0 aromatic heterocycles. The van der Waals surface area contributed by atoms with E-state index >= 15 is 0 Å². The molecular formula is C30H36ClN3O7. The Labute approximate surface area is 244 Å². The summed E-state index contributed by atoms with van der Waals surface area (Å²) >= 11 is 6.30. The zero-order valence-electron chi connectivity index (χ0n) is 24.3. The molecule has 0 aliphatic carbocycles. The van der Waals surface area contributed by atoms with Crippen LogP contribution in [0.4, 0.5) is 16.2 Å². The smallest absolute Gasteiger partial charge is 0.418 e. The van der Waals surface area contributed by atoms with Crippen LogP contribution < -0.4 is 15.4 Å². The number of anilines is 2. The molecule has 2 N–H and O–H groups in total. The minimum absolute atomic E-state index is 0.0821. The van der Waals surface area contributed by atoms with Gasteiger partial charge < -0.3 is 20.1 Å². The fourth-order valence-electron chi connectivity index (χ4n) is 4.17. The van der Waals surface area contributed by atoms with Crippen molar-refractivity contribution in [3.8, 4) is 5.75 Å². The number of amides is 4. The van der Waals surface area contributed by atoms with Crippen LogP contribution in [-0.2, 0) is 23.9 Å². The maximum atomic E-state index is 13.4. The van der Waals surface area contributed by atoms with Crippen molar-refractivity contribution in [3.05, 3.63) is 52.5 Å². The van der Waals surface area contributed by atoms with Gasteiger partial charge in [0.2, 0.25) is 5.91 Å². The molecule has 220 valence electrons. The first-order valence-corrected chi connectivity index (χ1v) is 13.6. The lowest BCUT2D eigenvalue weighted by atomic mass is 9.85. The van der Waals surface area contributed by atoms with Crippen molar-refractivity contribution >= 4 is 52.6 Å². The Bertz CT molecular complexity index is 1380. The number of nitrogens with zero attached hydrogens (tertiary/aromatic N) is 1. The third-order valence-corrected chi connectivity index (χ3v) is 6.74. The SMILES string of the molecule is Cc1ccc(OCCCC(=O)Nc2ccc(Cl)c(NC(=O)C(C(=O)C(C)(C)C)N3C(=O)OC(C)(C)C3=O)c2)c(C)c1. The van der Waals surface area contributed by atoms with Gasteiger partial charge in [-0.05, 0) is 63.9 Å². The molecule has 11 heteroatoms. The van der Waals surface area contributed by atoms with E-state index in [0.717, 1.165) is 16.9 Å². The molecule has 0 bridgehead atoms. The summed E-state index contributed by atoms with van der Waals surface area (Å²) in [6, 6.07) is 8.55. The second-order valence-electron chi connectivity index (χ2n) is 11.5. The van der Waals surface area contributed by atoms with E-state index in [4.69, 9.17) is 21.1 Å². The lowest BCUT2D eigenvalue weighted by molar-refractivity contribution is -0.145. The number of hydrogen-bond donors (Lipinski definition) is 2. The fourth-order valence-corrected chi connectivity index (χ4v) is 4.33. The number of benzene rings is 2. The Morgan fingerprint density at radius 3 is 2.32 bits per heavy atom. The molecule has 1 heterocycles. The van der Waals surface area contributed by atoms with Crippen molar-refractivity contribution in [1.29, 1.82) is 0 Å². The standard InChI is InChI=1S/C30H36ClN3O7/c1-17-10-13-22(18(2)15-17)40-14-8-9-23(35)32-19-11-12-20(31)21(16-19)33-26(37)24(25(36)29(3,4)5)34-27(38)30(6,7)41-28(34)39/h10-13,15-16,24H,8-9,14H2,1-7H3,(H,32,35)(H,33,37). The lowest BCUT2D eigenvalue weighted by Gasteiger charge is -2.28. The van der Waals surface area contributed by atoms with E-state index in [1.54, 1.807) is 26.8 Å². The molecule has 4 amide bonds. The number of halogens is 1.